The lowest BCUT2D eigenvalue weighted by Crippen LogP contribution is -2.44. The molecule has 0 bridgehead atoms. The SMILES string of the molecule is COc1ccccc1NC(=O)C(C)N1C=CSCC1=O. The lowest BCUT2D eigenvalue weighted by Gasteiger charge is -2.27. The molecule has 106 valence electrons. The summed E-state index contributed by atoms with van der Waals surface area (Å²) >= 11 is 1.42. The number of hydrogen-bond acceptors (Lipinski definition) is 4. The highest BCUT2D eigenvalue weighted by atomic mass is 32.2. The molecule has 1 heterocycles. The second-order valence-electron chi connectivity index (χ2n) is 4.26. The minimum atomic E-state index is -0.565. The predicted molar refractivity (Wildman–Crippen MR) is 79.5 cm³/mol. The van der Waals surface area contributed by atoms with Crippen LogP contribution in [0.15, 0.2) is 35.9 Å². The van der Waals surface area contributed by atoms with Gasteiger partial charge in [0.25, 0.3) is 0 Å². The molecule has 2 amide bonds. The van der Waals surface area contributed by atoms with E-state index in [1.807, 2.05) is 17.5 Å². The van der Waals surface area contributed by atoms with E-state index in [2.05, 4.69) is 5.32 Å². The van der Waals surface area contributed by atoms with Gasteiger partial charge in [-0.15, -0.1) is 11.8 Å². The maximum Gasteiger partial charge on any atom is 0.247 e. The van der Waals surface area contributed by atoms with Crippen LogP contribution in [0.25, 0.3) is 0 Å². The lowest BCUT2D eigenvalue weighted by atomic mass is 10.2. The molecule has 1 aromatic rings. The molecule has 0 spiro atoms. The summed E-state index contributed by atoms with van der Waals surface area (Å²) in [7, 11) is 1.54. The Morgan fingerprint density at radius 2 is 2.20 bits per heavy atom. The maximum absolute atomic E-state index is 12.2. The fourth-order valence-corrected chi connectivity index (χ4v) is 2.45. The van der Waals surface area contributed by atoms with Gasteiger partial charge in [-0.2, -0.15) is 0 Å². The second kappa shape index (κ2) is 6.47. The Kier molecular flexibility index (Phi) is 4.68. The Hall–Kier alpha value is -1.95. The quantitative estimate of drug-likeness (QED) is 0.923. The van der Waals surface area contributed by atoms with Gasteiger partial charge in [0.2, 0.25) is 11.8 Å². The highest BCUT2D eigenvalue weighted by molar-refractivity contribution is 8.02. The van der Waals surface area contributed by atoms with Crippen LogP contribution < -0.4 is 10.1 Å². The van der Waals surface area contributed by atoms with Crippen LogP contribution in [0, 0.1) is 0 Å². The van der Waals surface area contributed by atoms with Crippen molar-refractivity contribution >= 4 is 29.3 Å². The lowest BCUT2D eigenvalue weighted by molar-refractivity contribution is -0.133. The van der Waals surface area contributed by atoms with Crippen molar-refractivity contribution in [1.82, 2.24) is 4.90 Å². The zero-order chi connectivity index (χ0) is 14.5. The number of hydrogen-bond donors (Lipinski definition) is 1. The Balaban J connectivity index is 2.09. The van der Waals surface area contributed by atoms with Crippen molar-refractivity contribution in [2.75, 3.05) is 18.2 Å². The molecular weight excluding hydrogens is 276 g/mol. The number of ether oxygens (including phenoxy) is 1. The van der Waals surface area contributed by atoms with E-state index in [0.717, 1.165) is 0 Å². The van der Waals surface area contributed by atoms with Crippen molar-refractivity contribution < 1.29 is 14.3 Å². The van der Waals surface area contributed by atoms with Crippen molar-refractivity contribution in [2.24, 2.45) is 0 Å². The van der Waals surface area contributed by atoms with Crippen LogP contribution in [0.4, 0.5) is 5.69 Å². The average molecular weight is 292 g/mol. The minimum Gasteiger partial charge on any atom is -0.495 e. The Morgan fingerprint density at radius 1 is 1.45 bits per heavy atom. The van der Waals surface area contributed by atoms with E-state index in [4.69, 9.17) is 4.74 Å². The smallest absolute Gasteiger partial charge is 0.247 e. The molecule has 0 aliphatic carbocycles. The molecule has 0 radical (unpaired) electrons. The van der Waals surface area contributed by atoms with E-state index < -0.39 is 6.04 Å². The first-order chi connectivity index (χ1) is 9.63. The summed E-state index contributed by atoms with van der Waals surface area (Å²) in [6, 6.07) is 6.59. The summed E-state index contributed by atoms with van der Waals surface area (Å²) in [5.41, 5.74) is 0.592. The van der Waals surface area contributed by atoms with Gasteiger partial charge in [0.1, 0.15) is 11.8 Å². The highest BCUT2D eigenvalue weighted by Gasteiger charge is 2.26. The highest BCUT2D eigenvalue weighted by Crippen LogP contribution is 2.24. The van der Waals surface area contributed by atoms with Crippen LogP contribution in [-0.4, -0.2) is 35.6 Å². The van der Waals surface area contributed by atoms with Crippen LogP contribution in [0.3, 0.4) is 0 Å². The normalized spacial score (nSPS) is 15.9. The number of para-hydroxylation sites is 2. The van der Waals surface area contributed by atoms with E-state index in [1.54, 1.807) is 32.4 Å². The molecule has 20 heavy (non-hydrogen) atoms. The van der Waals surface area contributed by atoms with Gasteiger partial charge >= 0.3 is 0 Å². The van der Waals surface area contributed by atoms with Crippen molar-refractivity contribution in [2.45, 2.75) is 13.0 Å². The first-order valence-corrected chi connectivity index (χ1v) is 7.21. The van der Waals surface area contributed by atoms with Crippen LogP contribution in [0.2, 0.25) is 0 Å². The summed E-state index contributed by atoms with van der Waals surface area (Å²) < 4.78 is 5.18. The largest absolute Gasteiger partial charge is 0.495 e. The third-order valence-electron chi connectivity index (χ3n) is 2.97. The molecular formula is C14H16N2O3S. The fraction of sp³-hybridized carbons (Fsp3) is 0.286. The van der Waals surface area contributed by atoms with E-state index in [1.165, 1.54) is 16.7 Å². The number of nitrogens with one attached hydrogen (secondary N) is 1. The minimum absolute atomic E-state index is 0.0693. The average Bonchev–Trinajstić information content (AvgIpc) is 2.47. The van der Waals surface area contributed by atoms with Crippen LogP contribution in [0.1, 0.15) is 6.92 Å². The number of methoxy groups -OCH3 is 1. The Labute approximate surface area is 122 Å². The summed E-state index contributed by atoms with van der Waals surface area (Å²) in [6.07, 6.45) is 1.64. The van der Waals surface area contributed by atoms with Crippen LogP contribution in [0.5, 0.6) is 5.75 Å². The van der Waals surface area contributed by atoms with Crippen molar-refractivity contribution in [1.29, 1.82) is 0 Å². The standard InChI is InChI=1S/C14H16N2O3S/c1-10(16-7-8-20-9-13(16)17)14(18)15-11-5-3-4-6-12(11)19-2/h3-8,10H,9H2,1-2H3,(H,15,18). The zero-order valence-corrected chi connectivity index (χ0v) is 12.1. The molecule has 1 aliphatic rings. The first-order valence-electron chi connectivity index (χ1n) is 6.17. The zero-order valence-electron chi connectivity index (χ0n) is 11.3. The number of anilines is 1. The van der Waals surface area contributed by atoms with Gasteiger partial charge in [0, 0.05) is 6.20 Å². The summed E-state index contributed by atoms with van der Waals surface area (Å²) in [5.74, 6) is 0.631. The summed E-state index contributed by atoms with van der Waals surface area (Å²) in [4.78, 5) is 25.4. The fourth-order valence-electron chi connectivity index (χ4n) is 1.84. The molecule has 1 atom stereocenters. The molecule has 0 fully saturated rings. The number of amides is 2. The number of thioether (sulfide) groups is 1. The predicted octanol–water partition coefficient (Wildman–Crippen LogP) is 2.07. The van der Waals surface area contributed by atoms with Gasteiger partial charge in [0.05, 0.1) is 18.6 Å². The maximum atomic E-state index is 12.2. The molecule has 0 saturated heterocycles. The van der Waals surface area contributed by atoms with Crippen molar-refractivity contribution in [3.8, 4) is 5.75 Å². The third-order valence-corrected chi connectivity index (χ3v) is 3.70. The van der Waals surface area contributed by atoms with E-state index in [9.17, 15) is 9.59 Å². The molecule has 0 saturated carbocycles. The first kappa shape index (κ1) is 14.5. The molecule has 6 heteroatoms. The van der Waals surface area contributed by atoms with Gasteiger partial charge in [-0.25, -0.2) is 0 Å². The Morgan fingerprint density at radius 3 is 2.90 bits per heavy atom. The topological polar surface area (TPSA) is 58.6 Å². The van der Waals surface area contributed by atoms with Crippen LogP contribution in [-0.2, 0) is 9.59 Å². The summed E-state index contributed by atoms with van der Waals surface area (Å²) in [6.45, 7) is 1.70. The molecule has 0 aromatic heterocycles. The van der Waals surface area contributed by atoms with E-state index >= 15 is 0 Å². The number of carbonyl (C=O) groups is 2. The molecule has 1 aliphatic heterocycles. The summed E-state index contributed by atoms with van der Waals surface area (Å²) in [5, 5.41) is 4.59. The van der Waals surface area contributed by atoms with Gasteiger partial charge in [-0.3, -0.25) is 9.59 Å². The molecule has 2 rings (SSSR count). The number of benzene rings is 1. The van der Waals surface area contributed by atoms with Gasteiger partial charge in [-0.1, -0.05) is 12.1 Å². The van der Waals surface area contributed by atoms with Gasteiger partial charge in [-0.05, 0) is 24.5 Å². The van der Waals surface area contributed by atoms with Crippen molar-refractivity contribution in [3.63, 3.8) is 0 Å². The molecule has 1 N–H and O–H groups in total. The molecule has 5 nitrogen and oxygen atoms in total. The third kappa shape index (κ3) is 3.14. The van der Waals surface area contributed by atoms with Gasteiger partial charge < -0.3 is 15.0 Å². The second-order valence-corrected chi connectivity index (χ2v) is 5.16. The Bertz CT molecular complexity index is 545. The molecule has 1 unspecified atom stereocenters. The number of rotatable bonds is 4. The monoisotopic (exact) mass is 292 g/mol. The van der Waals surface area contributed by atoms with E-state index in [0.29, 0.717) is 17.2 Å². The molecule has 1 aromatic carbocycles. The van der Waals surface area contributed by atoms with Crippen molar-refractivity contribution in [3.05, 3.63) is 35.9 Å². The van der Waals surface area contributed by atoms with Crippen LogP contribution >= 0.6 is 11.8 Å². The van der Waals surface area contributed by atoms with E-state index in [-0.39, 0.29) is 11.8 Å². The number of nitrogens with zero attached hydrogens (tertiary/aromatic N) is 1. The number of carbonyl (C=O) groups excluding carboxylic acids is 2. The van der Waals surface area contributed by atoms with Gasteiger partial charge in [0.15, 0.2) is 0 Å².